The van der Waals surface area contributed by atoms with E-state index in [4.69, 9.17) is 0 Å². The molecule has 0 aromatic carbocycles. The van der Waals surface area contributed by atoms with Gasteiger partial charge in [-0.25, -0.2) is 0 Å². The van der Waals surface area contributed by atoms with Crippen molar-refractivity contribution in [3.63, 3.8) is 0 Å². The molecule has 0 aromatic heterocycles. The molecule has 0 unspecified atom stereocenters. The van der Waals surface area contributed by atoms with Gasteiger partial charge in [0.25, 0.3) is 5.54 Å². The highest BCUT2D eigenvalue weighted by atomic mass is 16.5. The van der Waals surface area contributed by atoms with Gasteiger partial charge in [-0.15, -0.1) is 4.74 Å². The molecule has 80 valence electrons. The normalized spacial score (nSPS) is 24.9. The van der Waals surface area contributed by atoms with Crippen molar-refractivity contribution in [2.24, 2.45) is 5.92 Å². The molecule has 0 fully saturated rings. The van der Waals surface area contributed by atoms with E-state index in [1.807, 2.05) is 13.8 Å². The Balaban J connectivity index is 3.38. The molecule has 0 saturated heterocycles. The van der Waals surface area contributed by atoms with E-state index in [2.05, 4.69) is 0 Å². The summed E-state index contributed by atoms with van der Waals surface area (Å²) in [6, 6.07) is 0. The Morgan fingerprint density at radius 3 is 1.79 bits per heavy atom. The van der Waals surface area contributed by atoms with Gasteiger partial charge < -0.3 is 5.21 Å². The summed E-state index contributed by atoms with van der Waals surface area (Å²) in [6.45, 7) is 10.8. The zero-order chi connectivity index (χ0) is 11.3. The molecule has 4 heteroatoms. The SMILES string of the molecule is CC(C)C1=[N+]([O-])C(C)(C)[N+](=O)C1(C)C. The molecule has 1 rings (SSSR count). The van der Waals surface area contributed by atoms with E-state index in [0.717, 1.165) is 9.50 Å². The van der Waals surface area contributed by atoms with Gasteiger partial charge in [-0.3, -0.25) is 0 Å². The number of hydrogen-bond donors (Lipinski definition) is 0. The molecule has 0 N–H and O–H groups in total. The van der Waals surface area contributed by atoms with Crippen LogP contribution in [-0.2, 0) is 0 Å². The van der Waals surface area contributed by atoms with Crippen LogP contribution in [0.25, 0.3) is 0 Å². The van der Waals surface area contributed by atoms with Gasteiger partial charge >= 0.3 is 5.66 Å². The summed E-state index contributed by atoms with van der Waals surface area (Å²) >= 11 is 0. The van der Waals surface area contributed by atoms with Gasteiger partial charge in [0.15, 0.2) is 0 Å². The first kappa shape index (κ1) is 11.1. The zero-order valence-corrected chi connectivity index (χ0v) is 9.79. The summed E-state index contributed by atoms with van der Waals surface area (Å²) in [4.78, 5) is 11.9. The highest BCUT2D eigenvalue weighted by Crippen LogP contribution is 2.31. The van der Waals surface area contributed by atoms with Crippen LogP contribution in [-0.4, -0.2) is 26.4 Å². The summed E-state index contributed by atoms with van der Waals surface area (Å²) < 4.78 is 1.76. The molecule has 1 aliphatic heterocycles. The predicted molar refractivity (Wildman–Crippen MR) is 55.3 cm³/mol. The van der Waals surface area contributed by atoms with Crippen LogP contribution in [0.1, 0.15) is 41.5 Å². The largest absolute Gasteiger partial charge is 0.619 e. The molecule has 14 heavy (non-hydrogen) atoms. The van der Waals surface area contributed by atoms with Crippen molar-refractivity contribution >= 4 is 5.71 Å². The second-order valence-corrected chi connectivity index (χ2v) is 5.18. The van der Waals surface area contributed by atoms with E-state index in [1.165, 1.54) is 0 Å². The van der Waals surface area contributed by atoms with Crippen molar-refractivity contribution in [1.29, 1.82) is 0 Å². The molecule has 0 aliphatic carbocycles. The van der Waals surface area contributed by atoms with Crippen molar-refractivity contribution < 1.29 is 9.50 Å². The van der Waals surface area contributed by atoms with Gasteiger partial charge in [-0.2, -0.15) is 0 Å². The number of rotatable bonds is 1. The Labute approximate surface area is 84.8 Å². The van der Waals surface area contributed by atoms with Crippen LogP contribution in [0.3, 0.4) is 0 Å². The number of hydrogen-bond acceptors (Lipinski definition) is 2. The van der Waals surface area contributed by atoms with Crippen molar-refractivity contribution in [3.8, 4) is 0 Å². The van der Waals surface area contributed by atoms with Gasteiger partial charge in [0.1, 0.15) is 0 Å². The maximum absolute atomic E-state index is 11.9. The average molecular weight is 199 g/mol. The molecule has 0 amide bonds. The van der Waals surface area contributed by atoms with Crippen LogP contribution in [0.2, 0.25) is 0 Å². The molecule has 4 nitrogen and oxygen atoms in total. The van der Waals surface area contributed by atoms with Crippen molar-refractivity contribution in [3.05, 3.63) is 10.1 Å². The molecule has 0 aromatic rings. The molecule has 1 aliphatic rings. The zero-order valence-electron chi connectivity index (χ0n) is 9.79. The maximum atomic E-state index is 11.9. The first-order valence-corrected chi connectivity index (χ1v) is 4.95. The Morgan fingerprint density at radius 2 is 1.64 bits per heavy atom. The quantitative estimate of drug-likeness (QED) is 0.478. The van der Waals surface area contributed by atoms with Crippen LogP contribution in [0, 0.1) is 16.0 Å². The van der Waals surface area contributed by atoms with Crippen molar-refractivity contribution in [2.75, 3.05) is 0 Å². The number of hydroxylamine groups is 1. The fourth-order valence-corrected chi connectivity index (χ4v) is 2.35. The van der Waals surface area contributed by atoms with Crippen molar-refractivity contribution in [1.82, 2.24) is 0 Å². The van der Waals surface area contributed by atoms with Gasteiger partial charge in [0.2, 0.25) is 5.71 Å². The topological polar surface area (TPSA) is 46.1 Å². The van der Waals surface area contributed by atoms with E-state index in [-0.39, 0.29) is 5.92 Å². The van der Waals surface area contributed by atoms with Crippen LogP contribution in [0.5, 0.6) is 0 Å². The van der Waals surface area contributed by atoms with Crippen LogP contribution >= 0.6 is 0 Å². The molecule has 0 radical (unpaired) electrons. The second-order valence-electron chi connectivity index (χ2n) is 5.18. The molecule has 0 bridgehead atoms. The van der Waals surface area contributed by atoms with E-state index in [9.17, 15) is 10.1 Å². The third-order valence-corrected chi connectivity index (χ3v) is 2.89. The standard InChI is InChI=1S/C10H19N2O2/c1-7(2)8-9(3,4)12(14)10(5,6)11(8)13/h7H,1-6H3/q+1. The maximum Gasteiger partial charge on any atom is 0.401 e. The first-order chi connectivity index (χ1) is 6.13. The Morgan fingerprint density at radius 1 is 1.21 bits per heavy atom. The smallest absolute Gasteiger partial charge is 0.401 e. The van der Waals surface area contributed by atoms with E-state index < -0.39 is 11.2 Å². The minimum absolute atomic E-state index is 0.0979. The summed E-state index contributed by atoms with van der Waals surface area (Å²) in [5.74, 6) is 0.0979. The van der Waals surface area contributed by atoms with E-state index in [0.29, 0.717) is 5.71 Å². The Hall–Kier alpha value is -0.930. The average Bonchev–Trinajstić information content (AvgIpc) is 2.10. The molecule has 0 spiro atoms. The molecular formula is C10H19N2O2+. The summed E-state index contributed by atoms with van der Waals surface area (Å²) in [6.07, 6.45) is 0. The van der Waals surface area contributed by atoms with Gasteiger partial charge in [0, 0.05) is 24.7 Å². The summed E-state index contributed by atoms with van der Waals surface area (Å²) in [5, 5.41) is 11.9. The van der Waals surface area contributed by atoms with E-state index >= 15 is 0 Å². The number of nitrogens with zero attached hydrogens (tertiary/aromatic N) is 2. The van der Waals surface area contributed by atoms with Gasteiger partial charge in [-0.1, -0.05) is 13.8 Å². The van der Waals surface area contributed by atoms with Crippen LogP contribution in [0.4, 0.5) is 0 Å². The molecule has 0 saturated carbocycles. The fraction of sp³-hybridized carbons (Fsp3) is 0.900. The lowest BCUT2D eigenvalue weighted by atomic mass is 9.91. The first-order valence-electron chi connectivity index (χ1n) is 4.95. The third kappa shape index (κ3) is 1.16. The highest BCUT2D eigenvalue weighted by molar-refractivity contribution is 5.89. The Bertz CT molecular complexity index is 314. The van der Waals surface area contributed by atoms with Gasteiger partial charge in [0.05, 0.1) is 18.6 Å². The number of nitroso groups, excluding NO2 is 1. The summed E-state index contributed by atoms with van der Waals surface area (Å²) in [7, 11) is 0. The van der Waals surface area contributed by atoms with Gasteiger partial charge in [-0.05, 0) is 0 Å². The lowest BCUT2D eigenvalue weighted by molar-refractivity contribution is -0.796. The molecule has 0 atom stereocenters. The molecular weight excluding hydrogens is 180 g/mol. The monoisotopic (exact) mass is 199 g/mol. The minimum Gasteiger partial charge on any atom is -0.619 e. The minimum atomic E-state index is -0.983. The third-order valence-electron chi connectivity index (χ3n) is 2.89. The molecule has 1 heterocycles. The highest BCUT2D eigenvalue weighted by Gasteiger charge is 2.66. The van der Waals surface area contributed by atoms with Crippen molar-refractivity contribution in [2.45, 2.75) is 52.7 Å². The van der Waals surface area contributed by atoms with Crippen LogP contribution < -0.4 is 0 Å². The second kappa shape index (κ2) is 2.78. The summed E-state index contributed by atoms with van der Waals surface area (Å²) in [5.41, 5.74) is -1.01. The Kier molecular flexibility index (Phi) is 2.21. The fourth-order valence-electron chi connectivity index (χ4n) is 2.35. The lowest BCUT2D eigenvalue weighted by Crippen LogP contribution is -2.45. The lowest BCUT2D eigenvalue weighted by Gasteiger charge is -2.10. The predicted octanol–water partition coefficient (Wildman–Crippen LogP) is 1.90. The van der Waals surface area contributed by atoms with E-state index in [1.54, 1.807) is 27.7 Å². The van der Waals surface area contributed by atoms with Crippen LogP contribution in [0.15, 0.2) is 0 Å².